The number of carbonyl (C=O) groups excluding carboxylic acids is 3. The second kappa shape index (κ2) is 54.7. The van der Waals surface area contributed by atoms with Crippen LogP contribution < -0.4 is 0 Å². The summed E-state index contributed by atoms with van der Waals surface area (Å²) in [4.78, 5) is 38.0. The van der Waals surface area contributed by atoms with Crippen molar-refractivity contribution in [2.24, 2.45) is 0 Å². The molecule has 0 spiro atoms. The molecule has 0 aromatic heterocycles. The molecule has 0 rings (SSSR count). The number of hydrogen-bond acceptors (Lipinski definition) is 6. The van der Waals surface area contributed by atoms with Gasteiger partial charge in [-0.25, -0.2) is 0 Å². The SMILES string of the molecule is CC/C=C\C/C=C\C/C=C\CCCCCCCC(=O)OC[C@H](COC(=O)CC/C=C\C/C=C\C/C=C\C/C=C\C/C=C\CCCCC)OC(=O)CCCCCCC/C=C\CCCCCCCC. The van der Waals surface area contributed by atoms with Crippen LogP contribution in [0.5, 0.6) is 0 Å². The number of ether oxygens (including phenoxy) is 3. The van der Waals surface area contributed by atoms with E-state index in [2.05, 4.69) is 124 Å². The fourth-order valence-corrected chi connectivity index (χ4v) is 7.14. The summed E-state index contributed by atoms with van der Waals surface area (Å²) in [5.74, 6) is -1.03. The highest BCUT2D eigenvalue weighted by molar-refractivity contribution is 5.71. The Morgan fingerprint density at radius 2 is 0.612 bits per heavy atom. The molecule has 0 aromatic carbocycles. The lowest BCUT2D eigenvalue weighted by molar-refractivity contribution is -0.166. The summed E-state index contributed by atoms with van der Waals surface area (Å²) < 4.78 is 16.7. The first-order valence-corrected chi connectivity index (χ1v) is 27.4. The van der Waals surface area contributed by atoms with Crippen LogP contribution in [-0.2, 0) is 28.6 Å². The van der Waals surface area contributed by atoms with Gasteiger partial charge in [0, 0.05) is 19.3 Å². The number of rotatable bonds is 48. The largest absolute Gasteiger partial charge is 0.462 e. The van der Waals surface area contributed by atoms with Crippen molar-refractivity contribution in [1.82, 2.24) is 0 Å². The topological polar surface area (TPSA) is 78.9 Å². The minimum atomic E-state index is -0.821. The Kier molecular flexibility index (Phi) is 51.5. The zero-order valence-electron chi connectivity index (χ0n) is 43.4. The molecule has 0 aliphatic rings. The predicted octanol–water partition coefficient (Wildman–Crippen LogP) is 18.3. The van der Waals surface area contributed by atoms with Crippen molar-refractivity contribution in [2.45, 2.75) is 245 Å². The van der Waals surface area contributed by atoms with E-state index in [9.17, 15) is 14.4 Å². The third-order valence-corrected chi connectivity index (χ3v) is 11.2. The van der Waals surface area contributed by atoms with Crippen molar-refractivity contribution < 1.29 is 28.6 Å². The van der Waals surface area contributed by atoms with Gasteiger partial charge in [0.25, 0.3) is 0 Å². The molecule has 0 unspecified atom stereocenters. The smallest absolute Gasteiger partial charge is 0.306 e. The molecule has 0 saturated carbocycles. The fourth-order valence-electron chi connectivity index (χ4n) is 7.14. The van der Waals surface area contributed by atoms with Crippen LogP contribution >= 0.6 is 0 Å². The summed E-state index contributed by atoms with van der Waals surface area (Å²) in [6.07, 6.45) is 73.7. The Morgan fingerprint density at radius 3 is 1.04 bits per heavy atom. The molecular weight excluding hydrogens is 829 g/mol. The molecule has 6 nitrogen and oxygen atoms in total. The van der Waals surface area contributed by atoms with Gasteiger partial charge in [-0.15, -0.1) is 0 Å². The van der Waals surface area contributed by atoms with E-state index in [-0.39, 0.29) is 37.5 Å². The van der Waals surface area contributed by atoms with E-state index in [0.717, 1.165) is 116 Å². The van der Waals surface area contributed by atoms with Crippen LogP contribution in [0.25, 0.3) is 0 Å². The van der Waals surface area contributed by atoms with E-state index >= 15 is 0 Å². The summed E-state index contributed by atoms with van der Waals surface area (Å²) >= 11 is 0. The molecule has 0 saturated heterocycles. The van der Waals surface area contributed by atoms with Gasteiger partial charge in [-0.2, -0.15) is 0 Å². The number of carbonyl (C=O) groups is 3. The van der Waals surface area contributed by atoms with Crippen molar-refractivity contribution in [2.75, 3.05) is 13.2 Å². The van der Waals surface area contributed by atoms with Crippen LogP contribution in [0.2, 0.25) is 0 Å². The number of allylic oxidation sites excluding steroid dienone is 18. The normalized spacial score (nSPS) is 12.9. The van der Waals surface area contributed by atoms with E-state index in [1.807, 2.05) is 6.08 Å². The van der Waals surface area contributed by atoms with Crippen LogP contribution in [0.3, 0.4) is 0 Å². The van der Waals surface area contributed by atoms with Gasteiger partial charge in [0.2, 0.25) is 0 Å². The van der Waals surface area contributed by atoms with Gasteiger partial charge < -0.3 is 14.2 Å². The highest BCUT2D eigenvalue weighted by atomic mass is 16.6. The van der Waals surface area contributed by atoms with Gasteiger partial charge in [-0.05, 0) is 116 Å². The summed E-state index contributed by atoms with van der Waals surface area (Å²) in [6, 6.07) is 0. The molecule has 0 bridgehead atoms. The van der Waals surface area contributed by atoms with E-state index in [4.69, 9.17) is 14.2 Å². The molecule has 0 aliphatic heterocycles. The van der Waals surface area contributed by atoms with Gasteiger partial charge in [0.05, 0.1) is 0 Å². The monoisotopic (exact) mass is 929 g/mol. The summed E-state index contributed by atoms with van der Waals surface area (Å²) in [5.41, 5.74) is 0. The maximum Gasteiger partial charge on any atom is 0.306 e. The summed E-state index contributed by atoms with van der Waals surface area (Å²) in [7, 11) is 0. The zero-order chi connectivity index (χ0) is 48.6. The zero-order valence-corrected chi connectivity index (χ0v) is 43.4. The Bertz CT molecular complexity index is 1390. The van der Waals surface area contributed by atoms with Gasteiger partial charge >= 0.3 is 17.9 Å². The minimum Gasteiger partial charge on any atom is -0.462 e. The number of unbranched alkanes of at least 4 members (excludes halogenated alkanes) is 19. The third-order valence-electron chi connectivity index (χ3n) is 11.2. The first kappa shape index (κ1) is 63.1. The number of esters is 3. The molecule has 0 aromatic rings. The Morgan fingerprint density at radius 1 is 0.313 bits per heavy atom. The highest BCUT2D eigenvalue weighted by Gasteiger charge is 2.19. The first-order valence-electron chi connectivity index (χ1n) is 27.4. The molecule has 67 heavy (non-hydrogen) atoms. The van der Waals surface area contributed by atoms with Gasteiger partial charge in [-0.3, -0.25) is 14.4 Å². The van der Waals surface area contributed by atoms with Crippen LogP contribution in [0.4, 0.5) is 0 Å². The van der Waals surface area contributed by atoms with Crippen molar-refractivity contribution in [3.63, 3.8) is 0 Å². The van der Waals surface area contributed by atoms with E-state index in [1.54, 1.807) is 0 Å². The molecular formula is C61H100O6. The van der Waals surface area contributed by atoms with Gasteiger partial charge in [0.15, 0.2) is 6.10 Å². The maximum atomic E-state index is 12.8. The van der Waals surface area contributed by atoms with E-state index < -0.39 is 6.10 Å². The van der Waals surface area contributed by atoms with Crippen LogP contribution in [0, 0.1) is 0 Å². The summed E-state index contributed by atoms with van der Waals surface area (Å²) in [5, 5.41) is 0. The van der Waals surface area contributed by atoms with Crippen molar-refractivity contribution >= 4 is 17.9 Å². The first-order chi connectivity index (χ1) is 33.0. The lowest BCUT2D eigenvalue weighted by Gasteiger charge is -2.18. The molecule has 1 atom stereocenters. The maximum absolute atomic E-state index is 12.8. The van der Waals surface area contributed by atoms with Gasteiger partial charge in [0.1, 0.15) is 13.2 Å². The molecule has 6 heteroatoms. The van der Waals surface area contributed by atoms with Crippen LogP contribution in [0.15, 0.2) is 109 Å². The van der Waals surface area contributed by atoms with E-state index in [1.165, 1.54) is 77.0 Å². The lowest BCUT2D eigenvalue weighted by atomic mass is 10.1. The number of hydrogen-bond donors (Lipinski definition) is 0. The second-order valence-electron chi connectivity index (χ2n) is 17.7. The molecule has 0 aliphatic carbocycles. The second-order valence-corrected chi connectivity index (χ2v) is 17.7. The van der Waals surface area contributed by atoms with Crippen LogP contribution in [-0.4, -0.2) is 37.2 Å². The Balaban J connectivity index is 4.55. The summed E-state index contributed by atoms with van der Waals surface area (Å²) in [6.45, 7) is 6.40. The Labute approximate surface area is 412 Å². The average Bonchev–Trinajstić information content (AvgIpc) is 3.33. The average molecular weight is 929 g/mol. The van der Waals surface area contributed by atoms with Crippen LogP contribution in [0.1, 0.15) is 239 Å². The lowest BCUT2D eigenvalue weighted by Crippen LogP contribution is -2.30. The molecule has 0 fully saturated rings. The van der Waals surface area contributed by atoms with E-state index in [0.29, 0.717) is 19.3 Å². The standard InChI is InChI=1S/C61H100O6/c1-4-7-10-13-16-19-22-25-28-29-30-31-34-36-39-42-45-48-51-54-60(63)66-57-58(67-61(64)55-52-49-46-43-40-37-33-27-24-21-18-15-12-9-6-3)56-65-59(62)53-50-47-44-41-38-35-32-26-23-20-17-14-11-8-5-2/h8,11,16-17,19-20,25-28,30-33,36,39,45,48,58H,4-7,9-10,12-15,18,21-24,29,34-35,37-38,40-44,46-47,49-57H2,1-3H3/b11-8-,19-16-,20-17-,28-25-,31-30-,32-26-,33-27-,39-36-,48-45-/t58-/m1/s1. The molecule has 0 N–H and O–H groups in total. The van der Waals surface area contributed by atoms with Gasteiger partial charge in [-0.1, -0.05) is 214 Å². The fraction of sp³-hybridized carbons (Fsp3) is 0.656. The quantitative estimate of drug-likeness (QED) is 0.0262. The minimum absolute atomic E-state index is 0.115. The molecule has 0 amide bonds. The highest BCUT2D eigenvalue weighted by Crippen LogP contribution is 2.13. The molecule has 0 heterocycles. The predicted molar refractivity (Wildman–Crippen MR) is 288 cm³/mol. The van der Waals surface area contributed by atoms with Crippen molar-refractivity contribution in [3.8, 4) is 0 Å². The third kappa shape index (κ3) is 52.9. The van der Waals surface area contributed by atoms with Crippen molar-refractivity contribution in [3.05, 3.63) is 109 Å². The molecule has 380 valence electrons. The van der Waals surface area contributed by atoms with Crippen molar-refractivity contribution in [1.29, 1.82) is 0 Å². The molecule has 0 radical (unpaired) electrons. The Hall–Kier alpha value is -3.93.